The van der Waals surface area contributed by atoms with Crippen LogP contribution in [0.4, 0.5) is 0 Å². The number of nitrogens with two attached hydrogens (primary N) is 1. The maximum absolute atomic E-state index is 11.8. The zero-order chi connectivity index (χ0) is 13.2. The van der Waals surface area contributed by atoms with Crippen LogP contribution in [0.2, 0.25) is 0 Å². The standard InChI is InChI=1S/C13H23N3O/c1-9(6-7-14)10(2)8-12-11(3)15(4)13(17)16(12)5/h8-9H,6-7,14H2,1-5H3/b10-8+. The molecule has 0 radical (unpaired) electrons. The van der Waals surface area contributed by atoms with Gasteiger partial charge in [-0.25, -0.2) is 4.79 Å². The lowest BCUT2D eigenvalue weighted by atomic mass is 9.98. The van der Waals surface area contributed by atoms with Crippen LogP contribution in [-0.2, 0) is 14.1 Å². The SMILES string of the molecule is C/C(=C\c1c(C)n(C)c(=O)n1C)C(C)CCN. The fourth-order valence-corrected chi connectivity index (χ4v) is 1.92. The molecule has 0 amide bonds. The maximum Gasteiger partial charge on any atom is 0.328 e. The van der Waals surface area contributed by atoms with Gasteiger partial charge in [-0.05, 0) is 38.8 Å². The van der Waals surface area contributed by atoms with Crippen LogP contribution in [0.15, 0.2) is 10.4 Å². The van der Waals surface area contributed by atoms with Crippen LogP contribution in [0.3, 0.4) is 0 Å². The molecule has 1 unspecified atom stereocenters. The second-order valence-corrected chi connectivity index (χ2v) is 4.74. The number of hydrogen-bond donors (Lipinski definition) is 1. The van der Waals surface area contributed by atoms with Crippen LogP contribution in [0.1, 0.15) is 31.7 Å². The highest BCUT2D eigenvalue weighted by Gasteiger charge is 2.11. The van der Waals surface area contributed by atoms with Crippen molar-refractivity contribution < 1.29 is 0 Å². The van der Waals surface area contributed by atoms with E-state index in [0.717, 1.165) is 17.8 Å². The van der Waals surface area contributed by atoms with E-state index in [1.165, 1.54) is 5.57 Å². The van der Waals surface area contributed by atoms with Crippen molar-refractivity contribution in [3.05, 3.63) is 27.4 Å². The summed E-state index contributed by atoms with van der Waals surface area (Å²) in [6, 6.07) is 0. The van der Waals surface area contributed by atoms with Crippen LogP contribution in [0.5, 0.6) is 0 Å². The molecule has 0 aliphatic carbocycles. The van der Waals surface area contributed by atoms with E-state index in [-0.39, 0.29) is 5.69 Å². The highest BCUT2D eigenvalue weighted by molar-refractivity contribution is 5.52. The maximum atomic E-state index is 11.8. The molecular weight excluding hydrogens is 214 g/mol. The molecule has 0 aliphatic rings. The van der Waals surface area contributed by atoms with Crippen LogP contribution < -0.4 is 11.4 Å². The van der Waals surface area contributed by atoms with Crippen molar-refractivity contribution in [2.75, 3.05) is 6.54 Å². The summed E-state index contributed by atoms with van der Waals surface area (Å²) in [5.74, 6) is 0.453. The Balaban J connectivity index is 3.15. The Labute approximate surface area is 103 Å². The van der Waals surface area contributed by atoms with Gasteiger partial charge in [-0.2, -0.15) is 0 Å². The lowest BCUT2D eigenvalue weighted by molar-refractivity contribution is 0.626. The van der Waals surface area contributed by atoms with Crippen LogP contribution in [0, 0.1) is 12.8 Å². The number of nitrogens with zero attached hydrogens (tertiary/aromatic N) is 2. The van der Waals surface area contributed by atoms with Crippen LogP contribution >= 0.6 is 0 Å². The summed E-state index contributed by atoms with van der Waals surface area (Å²) in [6.45, 7) is 6.92. The summed E-state index contributed by atoms with van der Waals surface area (Å²) in [4.78, 5) is 11.8. The Bertz CT molecular complexity index is 480. The summed E-state index contributed by atoms with van der Waals surface area (Å²) in [5, 5.41) is 0. The van der Waals surface area contributed by atoms with E-state index < -0.39 is 0 Å². The fourth-order valence-electron chi connectivity index (χ4n) is 1.92. The van der Waals surface area contributed by atoms with Gasteiger partial charge in [0.25, 0.3) is 0 Å². The molecule has 2 N–H and O–H groups in total. The van der Waals surface area contributed by atoms with Gasteiger partial charge >= 0.3 is 5.69 Å². The molecule has 0 saturated carbocycles. The summed E-state index contributed by atoms with van der Waals surface area (Å²) >= 11 is 0. The van der Waals surface area contributed by atoms with Gasteiger partial charge in [0.15, 0.2) is 0 Å². The zero-order valence-corrected chi connectivity index (χ0v) is 11.4. The van der Waals surface area contributed by atoms with E-state index in [1.807, 2.05) is 14.0 Å². The first-order chi connectivity index (χ1) is 7.90. The second-order valence-electron chi connectivity index (χ2n) is 4.74. The van der Waals surface area contributed by atoms with Gasteiger partial charge in [-0.1, -0.05) is 12.5 Å². The average Bonchev–Trinajstić information content (AvgIpc) is 2.47. The molecule has 0 fully saturated rings. The predicted octanol–water partition coefficient (Wildman–Crippen LogP) is 1.42. The summed E-state index contributed by atoms with van der Waals surface area (Å²) in [6.07, 6.45) is 3.07. The normalized spacial score (nSPS) is 14.1. The van der Waals surface area contributed by atoms with Gasteiger partial charge in [0, 0.05) is 19.8 Å². The molecule has 1 atom stereocenters. The molecule has 0 saturated heterocycles. The Kier molecular flexibility index (Phi) is 4.34. The van der Waals surface area contributed by atoms with Crippen molar-refractivity contribution >= 4 is 6.08 Å². The highest BCUT2D eigenvalue weighted by Crippen LogP contribution is 2.18. The average molecular weight is 237 g/mol. The fraction of sp³-hybridized carbons (Fsp3) is 0.615. The lowest BCUT2D eigenvalue weighted by Gasteiger charge is -2.11. The lowest BCUT2D eigenvalue weighted by Crippen LogP contribution is -2.20. The van der Waals surface area contributed by atoms with Gasteiger partial charge in [0.05, 0.1) is 5.69 Å². The van der Waals surface area contributed by atoms with E-state index in [0.29, 0.717) is 12.5 Å². The van der Waals surface area contributed by atoms with E-state index in [2.05, 4.69) is 19.9 Å². The molecule has 0 aliphatic heterocycles. The molecule has 0 bridgehead atoms. The van der Waals surface area contributed by atoms with E-state index >= 15 is 0 Å². The van der Waals surface area contributed by atoms with Crippen molar-refractivity contribution in [2.24, 2.45) is 25.7 Å². The monoisotopic (exact) mass is 237 g/mol. The molecule has 0 spiro atoms. The topological polar surface area (TPSA) is 53.0 Å². The smallest absolute Gasteiger partial charge is 0.328 e. The molecule has 96 valence electrons. The number of imidazole rings is 1. The summed E-state index contributed by atoms with van der Waals surface area (Å²) < 4.78 is 3.36. The summed E-state index contributed by atoms with van der Waals surface area (Å²) in [7, 11) is 3.61. The highest BCUT2D eigenvalue weighted by atomic mass is 16.1. The van der Waals surface area contributed by atoms with Crippen molar-refractivity contribution in [3.8, 4) is 0 Å². The van der Waals surface area contributed by atoms with Gasteiger partial charge in [-0.15, -0.1) is 0 Å². The molecule has 0 aromatic carbocycles. The number of hydrogen-bond acceptors (Lipinski definition) is 2. The first-order valence-electron chi connectivity index (χ1n) is 6.00. The van der Waals surface area contributed by atoms with Crippen molar-refractivity contribution in [2.45, 2.75) is 27.2 Å². The molecule has 4 heteroatoms. The predicted molar refractivity (Wildman–Crippen MR) is 71.9 cm³/mol. The Morgan fingerprint density at radius 1 is 1.41 bits per heavy atom. The molecule has 1 aromatic heterocycles. The molecule has 1 rings (SSSR count). The molecular formula is C13H23N3O. The van der Waals surface area contributed by atoms with E-state index in [9.17, 15) is 4.79 Å². The minimum atomic E-state index is 0.0213. The third kappa shape index (κ3) is 2.69. The minimum absolute atomic E-state index is 0.0213. The first kappa shape index (κ1) is 13.8. The number of allylic oxidation sites excluding steroid dienone is 1. The van der Waals surface area contributed by atoms with Crippen LogP contribution in [0.25, 0.3) is 6.08 Å². The molecule has 1 aromatic rings. The quantitative estimate of drug-likeness (QED) is 0.861. The summed E-state index contributed by atoms with van der Waals surface area (Å²) in [5.41, 5.74) is 8.83. The third-order valence-corrected chi connectivity index (χ3v) is 3.55. The van der Waals surface area contributed by atoms with E-state index in [1.54, 1.807) is 16.2 Å². The Morgan fingerprint density at radius 2 is 2.00 bits per heavy atom. The number of rotatable bonds is 4. The second kappa shape index (κ2) is 5.36. The van der Waals surface area contributed by atoms with Crippen molar-refractivity contribution in [3.63, 3.8) is 0 Å². The minimum Gasteiger partial charge on any atom is -0.330 e. The first-order valence-corrected chi connectivity index (χ1v) is 6.00. The number of aromatic nitrogens is 2. The Morgan fingerprint density at radius 3 is 2.41 bits per heavy atom. The third-order valence-electron chi connectivity index (χ3n) is 3.55. The van der Waals surface area contributed by atoms with Crippen molar-refractivity contribution in [1.29, 1.82) is 0 Å². The van der Waals surface area contributed by atoms with Crippen LogP contribution in [-0.4, -0.2) is 15.7 Å². The van der Waals surface area contributed by atoms with E-state index in [4.69, 9.17) is 5.73 Å². The Hall–Kier alpha value is -1.29. The van der Waals surface area contributed by atoms with Gasteiger partial charge in [-0.3, -0.25) is 9.13 Å². The van der Waals surface area contributed by atoms with Gasteiger partial charge < -0.3 is 5.73 Å². The molecule has 4 nitrogen and oxygen atoms in total. The zero-order valence-electron chi connectivity index (χ0n) is 11.4. The molecule has 17 heavy (non-hydrogen) atoms. The van der Waals surface area contributed by atoms with Gasteiger partial charge in [0.1, 0.15) is 0 Å². The van der Waals surface area contributed by atoms with Gasteiger partial charge in [0.2, 0.25) is 0 Å². The molecule has 1 heterocycles. The van der Waals surface area contributed by atoms with Crippen molar-refractivity contribution in [1.82, 2.24) is 9.13 Å². The largest absolute Gasteiger partial charge is 0.330 e.